The van der Waals surface area contributed by atoms with Crippen LogP contribution in [0.4, 0.5) is 24.7 Å². The second-order valence-corrected chi connectivity index (χ2v) is 19.2. The van der Waals surface area contributed by atoms with E-state index < -0.39 is 57.8 Å². The van der Waals surface area contributed by atoms with Crippen LogP contribution in [-0.4, -0.2) is 123 Å². The molecule has 3 aromatic heterocycles. The highest BCUT2D eigenvalue weighted by Gasteiger charge is 2.34. The number of amides is 3. The van der Waals surface area contributed by atoms with E-state index in [0.29, 0.717) is 54.8 Å². The number of ether oxygens (including phenoxy) is 1. The highest BCUT2D eigenvalue weighted by molar-refractivity contribution is 7.91. The molecule has 1 aliphatic carbocycles. The Morgan fingerprint density at radius 2 is 1.85 bits per heavy atom. The van der Waals surface area contributed by atoms with Crippen LogP contribution >= 0.6 is 0 Å². The molecule has 22 heteroatoms. The number of imide groups is 1. The minimum atomic E-state index is -3.14. The molecule has 1 aromatic carbocycles. The van der Waals surface area contributed by atoms with E-state index in [1.54, 1.807) is 36.2 Å². The normalized spacial score (nSPS) is 24.2. The summed E-state index contributed by atoms with van der Waals surface area (Å²) in [5.74, 6) is 4.83. The third-order valence-corrected chi connectivity index (χ3v) is 14.3. The quantitative estimate of drug-likeness (QED) is 0.112. The number of imidazole rings is 1. The van der Waals surface area contributed by atoms with E-state index in [-0.39, 0.29) is 85.5 Å². The van der Waals surface area contributed by atoms with Crippen LogP contribution < -0.4 is 27.0 Å². The third-order valence-electron chi connectivity index (χ3n) is 12.7. The molecule has 4 N–H and O–H groups in total. The van der Waals surface area contributed by atoms with Crippen molar-refractivity contribution in [2.45, 2.75) is 75.7 Å². The number of likely N-dealkylation sites (tertiary alicyclic amines) is 1. The molecule has 3 atom stereocenters. The van der Waals surface area contributed by atoms with Gasteiger partial charge in [-0.3, -0.25) is 38.4 Å². The summed E-state index contributed by atoms with van der Waals surface area (Å²) in [6, 6.07) is 5.80. The molecule has 3 amide bonds. The van der Waals surface area contributed by atoms with Gasteiger partial charge in [0.05, 0.1) is 51.5 Å². The van der Waals surface area contributed by atoms with Crippen molar-refractivity contribution >= 4 is 55.7 Å². The van der Waals surface area contributed by atoms with Gasteiger partial charge < -0.3 is 20.7 Å². The van der Waals surface area contributed by atoms with Crippen LogP contribution in [0.3, 0.4) is 0 Å². The van der Waals surface area contributed by atoms with E-state index >= 15 is 4.39 Å². The SMILES string of the molecule is Cn1c(=O)n(C2CCC(=O)NC2=O)c2cccc(C#CCO[C@@H]3CCN(CC4CCC(n5cc(NC(=O)C(=CN)c6nccc(N7CCS(=O)(=O)CC7)n6)c(C(F)F)n5)CC4)C[C@H]3F)c21. The van der Waals surface area contributed by atoms with Crippen LogP contribution in [0.1, 0.15) is 80.5 Å². The zero-order valence-electron chi connectivity index (χ0n) is 35.7. The fourth-order valence-electron chi connectivity index (χ4n) is 9.19. The maximum absolute atomic E-state index is 15.5. The van der Waals surface area contributed by atoms with Gasteiger partial charge in [0, 0.05) is 64.8 Å². The van der Waals surface area contributed by atoms with E-state index in [4.69, 9.17) is 10.5 Å². The van der Waals surface area contributed by atoms with E-state index in [1.165, 1.54) is 26.2 Å². The minimum absolute atomic E-state index is 0.0251. The molecule has 65 heavy (non-hydrogen) atoms. The summed E-state index contributed by atoms with van der Waals surface area (Å²) in [6.45, 7) is 1.92. The maximum atomic E-state index is 15.5. The van der Waals surface area contributed by atoms with Crippen LogP contribution in [0.5, 0.6) is 0 Å². The largest absolute Gasteiger partial charge is 0.404 e. The van der Waals surface area contributed by atoms with Gasteiger partial charge in [-0.15, -0.1) is 0 Å². The van der Waals surface area contributed by atoms with Gasteiger partial charge in [0.2, 0.25) is 11.8 Å². The number of nitrogens with two attached hydrogens (primary N) is 1. The summed E-state index contributed by atoms with van der Waals surface area (Å²) in [5.41, 5.74) is 6.10. The van der Waals surface area contributed by atoms with E-state index in [9.17, 15) is 36.4 Å². The van der Waals surface area contributed by atoms with Crippen molar-refractivity contribution in [1.82, 2.24) is 39.1 Å². The lowest BCUT2D eigenvalue weighted by atomic mass is 9.85. The summed E-state index contributed by atoms with van der Waals surface area (Å²) in [4.78, 5) is 63.3. The van der Waals surface area contributed by atoms with Crippen molar-refractivity contribution in [3.8, 4) is 11.8 Å². The van der Waals surface area contributed by atoms with Gasteiger partial charge in [-0.1, -0.05) is 17.9 Å². The first-order chi connectivity index (χ1) is 31.2. The molecule has 346 valence electrons. The first-order valence-corrected chi connectivity index (χ1v) is 23.4. The van der Waals surface area contributed by atoms with Crippen molar-refractivity contribution in [2.24, 2.45) is 18.7 Å². The molecule has 3 aliphatic heterocycles. The Balaban J connectivity index is 0.816. The number of rotatable bonds is 11. The number of nitrogens with one attached hydrogen (secondary N) is 2. The number of aromatic nitrogens is 6. The van der Waals surface area contributed by atoms with Crippen molar-refractivity contribution in [3.63, 3.8) is 0 Å². The number of hydrogen-bond acceptors (Lipinski definition) is 13. The molecular weight excluding hydrogens is 872 g/mol. The van der Waals surface area contributed by atoms with Gasteiger partial charge in [0.1, 0.15) is 24.6 Å². The van der Waals surface area contributed by atoms with Gasteiger partial charge in [-0.2, -0.15) is 5.10 Å². The van der Waals surface area contributed by atoms with Crippen molar-refractivity contribution in [2.75, 3.05) is 61.1 Å². The lowest BCUT2D eigenvalue weighted by molar-refractivity contribution is -0.135. The van der Waals surface area contributed by atoms with Crippen LogP contribution in [-0.2, 0) is 36.0 Å². The number of sulfone groups is 1. The highest BCUT2D eigenvalue weighted by Crippen LogP contribution is 2.36. The van der Waals surface area contributed by atoms with Gasteiger partial charge in [0.15, 0.2) is 21.4 Å². The van der Waals surface area contributed by atoms with Crippen LogP contribution in [0, 0.1) is 17.8 Å². The Kier molecular flexibility index (Phi) is 13.4. The average Bonchev–Trinajstić information content (AvgIpc) is 3.81. The Labute approximate surface area is 372 Å². The van der Waals surface area contributed by atoms with Crippen molar-refractivity contribution < 1.29 is 40.7 Å². The molecule has 1 saturated carbocycles. The molecule has 4 fully saturated rings. The Hall–Kier alpha value is -6.05. The lowest BCUT2D eigenvalue weighted by Gasteiger charge is -2.38. The predicted molar refractivity (Wildman–Crippen MR) is 233 cm³/mol. The average molecular weight is 922 g/mol. The zero-order valence-corrected chi connectivity index (χ0v) is 36.5. The smallest absolute Gasteiger partial charge is 0.329 e. The predicted octanol–water partition coefficient (Wildman–Crippen LogP) is 2.63. The van der Waals surface area contributed by atoms with Crippen LogP contribution in [0.25, 0.3) is 16.6 Å². The maximum Gasteiger partial charge on any atom is 0.329 e. The Morgan fingerprint density at radius 3 is 2.55 bits per heavy atom. The number of alkyl halides is 3. The standard InChI is InChI=1S/C43H50F3N11O7S/c1-53-38-27(4-2-6-32(38)57(43(53)61)33-11-12-36(58)51-42(33)60)5-3-19-64-34-14-16-54(24-30(34)44)23-26-7-9-28(10-8-26)56-25-31(37(52-56)39(45)46)49-41(59)29(22-47)40-48-15-13-35(50-40)55-17-20-65(62,63)21-18-55/h2,4,6,13,15,22,25-26,28,30,33-34,39H,7-12,14,16-21,23-24,47H2,1H3,(H,49,59)(H,51,58,60)/t26?,28?,30-,33?,34-/m1/s1. The number of carbonyl (C=O) groups is 3. The number of nitrogens with zero attached hydrogens (tertiary/aromatic N) is 8. The topological polar surface area (TPSA) is 222 Å². The number of fused-ring (bicyclic) bond motifs is 1. The van der Waals surface area contributed by atoms with E-state index in [0.717, 1.165) is 19.0 Å². The van der Waals surface area contributed by atoms with Crippen molar-refractivity contribution in [1.29, 1.82) is 0 Å². The number of benzene rings is 1. The molecule has 0 spiro atoms. The molecule has 18 nitrogen and oxygen atoms in total. The summed E-state index contributed by atoms with van der Waals surface area (Å²) in [5, 5.41) is 8.99. The number of anilines is 2. The number of carbonyl (C=O) groups excluding carboxylic acids is 3. The number of para-hydroxylation sites is 1. The van der Waals surface area contributed by atoms with Gasteiger partial charge in [0.25, 0.3) is 12.3 Å². The van der Waals surface area contributed by atoms with E-state index in [2.05, 4.69) is 42.4 Å². The fraction of sp³-hybridized carbons (Fsp3) is 0.512. The molecule has 1 unspecified atom stereocenters. The van der Waals surface area contributed by atoms with E-state index in [1.807, 2.05) is 0 Å². The van der Waals surface area contributed by atoms with Crippen LogP contribution in [0.2, 0.25) is 0 Å². The second-order valence-electron chi connectivity index (χ2n) is 16.9. The number of aryl methyl sites for hydroxylation is 1. The highest BCUT2D eigenvalue weighted by atomic mass is 32.2. The monoisotopic (exact) mass is 921 g/mol. The molecule has 8 rings (SSSR count). The zero-order chi connectivity index (χ0) is 46.0. The summed E-state index contributed by atoms with van der Waals surface area (Å²) < 4.78 is 77.9. The fourth-order valence-corrected chi connectivity index (χ4v) is 10.4. The molecule has 0 bridgehead atoms. The van der Waals surface area contributed by atoms with Gasteiger partial charge >= 0.3 is 5.69 Å². The first kappa shape index (κ1) is 45.5. The van der Waals surface area contributed by atoms with Crippen molar-refractivity contribution in [3.05, 3.63) is 70.4 Å². The lowest BCUT2D eigenvalue weighted by Crippen LogP contribution is -2.47. The summed E-state index contributed by atoms with van der Waals surface area (Å²) in [6.07, 6.45) is 2.60. The van der Waals surface area contributed by atoms with Crippen LogP contribution in [0.15, 0.2) is 47.7 Å². The number of halogens is 3. The molecule has 4 aromatic rings. The molecular formula is C43H50F3N11O7S. The number of piperidine rings is 2. The first-order valence-electron chi connectivity index (χ1n) is 21.6. The van der Waals surface area contributed by atoms with Gasteiger partial charge in [-0.05, 0) is 62.6 Å². The number of hydrogen-bond donors (Lipinski definition) is 3. The second kappa shape index (κ2) is 19.2. The molecule has 6 heterocycles. The Morgan fingerprint density at radius 1 is 1.08 bits per heavy atom. The molecule has 4 aliphatic rings. The third kappa shape index (κ3) is 9.96. The summed E-state index contributed by atoms with van der Waals surface area (Å²) in [7, 11) is -1.54. The minimum Gasteiger partial charge on any atom is -0.404 e. The molecule has 3 saturated heterocycles. The van der Waals surface area contributed by atoms with Gasteiger partial charge in [-0.25, -0.2) is 36.4 Å². The summed E-state index contributed by atoms with van der Waals surface area (Å²) >= 11 is 0. The molecule has 0 radical (unpaired) electrons. The Bertz CT molecular complexity index is 2720.